The first-order chi connectivity index (χ1) is 40.5. The molecule has 0 saturated carbocycles. The molecular formula is C66H124O18. The van der Waals surface area contributed by atoms with E-state index < -0.39 is 90.5 Å². The van der Waals surface area contributed by atoms with Crippen molar-refractivity contribution in [2.24, 2.45) is 0 Å². The van der Waals surface area contributed by atoms with Gasteiger partial charge in [-0.05, 0) is 19.3 Å². The summed E-state index contributed by atoms with van der Waals surface area (Å²) in [6.45, 7) is 5.47. The highest BCUT2D eigenvalue weighted by Gasteiger charge is 2.39. The maximum Gasteiger partial charge on any atom is 0.377 e. The topological polar surface area (TPSA) is 326 Å². The summed E-state index contributed by atoms with van der Waals surface area (Å²) in [7, 11) is 0. The molecule has 18 heteroatoms. The molecule has 2 heterocycles. The van der Waals surface area contributed by atoms with Crippen molar-refractivity contribution in [1.29, 1.82) is 0 Å². The average molecular weight is 1210 g/mol. The van der Waals surface area contributed by atoms with Gasteiger partial charge in [0, 0.05) is 19.3 Å². The number of aliphatic hydroxyl groups excluding tert-OH is 8. The molecule has 11 N–H and O–H groups in total. The Balaban J connectivity index is -0.000000991. The van der Waals surface area contributed by atoms with Crippen LogP contribution in [-0.4, -0.2) is 124 Å². The first kappa shape index (κ1) is 84.1. The number of cyclic esters (lactones) is 2. The van der Waals surface area contributed by atoms with Gasteiger partial charge in [-0.25, -0.2) is 9.59 Å². The largest absolute Gasteiger partial charge is 0.505 e. The zero-order valence-corrected chi connectivity index (χ0v) is 52.9. The Bertz CT molecular complexity index is 1460. The molecule has 0 saturated heterocycles. The molecule has 0 unspecified atom stereocenters. The Morgan fingerprint density at radius 1 is 0.321 bits per heavy atom. The van der Waals surface area contributed by atoms with E-state index in [0.29, 0.717) is 19.3 Å². The fourth-order valence-electron chi connectivity index (χ4n) is 9.59. The van der Waals surface area contributed by atoms with E-state index >= 15 is 0 Å². The summed E-state index contributed by atoms with van der Waals surface area (Å²) in [4.78, 5) is 52.1. The van der Waals surface area contributed by atoms with Crippen molar-refractivity contribution in [3.63, 3.8) is 0 Å². The van der Waals surface area contributed by atoms with E-state index in [1.807, 2.05) is 0 Å². The third-order valence-electron chi connectivity index (χ3n) is 14.9. The molecule has 0 spiro atoms. The molecule has 0 aliphatic carbocycles. The number of hydrogen-bond acceptors (Lipinski definition) is 15. The van der Waals surface area contributed by atoms with Gasteiger partial charge in [-0.2, -0.15) is 0 Å². The predicted octanol–water partition coefficient (Wildman–Crippen LogP) is 16.2. The van der Waals surface area contributed by atoms with Crippen LogP contribution in [0.3, 0.4) is 0 Å². The van der Waals surface area contributed by atoms with Crippen molar-refractivity contribution in [2.45, 2.75) is 353 Å². The van der Waals surface area contributed by atoms with Gasteiger partial charge in [0.15, 0.2) is 23.7 Å². The monoisotopic (exact) mass is 1200 g/mol. The van der Waals surface area contributed by atoms with E-state index in [0.717, 1.165) is 38.5 Å². The zero-order chi connectivity index (χ0) is 63.3. The number of carbonyl (C=O) groups excluding carboxylic acids is 2. The van der Waals surface area contributed by atoms with Crippen molar-refractivity contribution >= 4 is 29.8 Å². The van der Waals surface area contributed by atoms with Gasteiger partial charge in [-0.3, -0.25) is 14.4 Å². The van der Waals surface area contributed by atoms with Crippen molar-refractivity contribution in [1.82, 2.24) is 0 Å². The highest BCUT2D eigenvalue weighted by molar-refractivity contribution is 5.89. The zero-order valence-electron chi connectivity index (χ0n) is 52.9. The minimum atomic E-state index is -1.42. The Morgan fingerprint density at radius 3 is 0.595 bits per heavy atom. The second-order valence-electron chi connectivity index (χ2n) is 22.9. The molecule has 2 rings (SSSR count). The number of hydrogen-bond donors (Lipinski definition) is 11. The number of rotatable bonds is 52. The van der Waals surface area contributed by atoms with Crippen molar-refractivity contribution in [2.75, 3.05) is 13.2 Å². The molecule has 0 aromatic carbocycles. The van der Waals surface area contributed by atoms with Crippen LogP contribution in [-0.2, 0) is 33.4 Å². The number of aliphatic carboxylic acids is 3. The van der Waals surface area contributed by atoms with Crippen molar-refractivity contribution < 1.29 is 89.6 Å². The standard InChI is InChI=1S/3C18H36O2.2C6H8O6/c3*1-2-3-4-5-6-7-8-9-10-11-12-13-14-15-16-17-18(19)20;2*7-1-2(8)5-3(9)4(10)6(11)12-5/h3*2-17H2,1H3,(H,19,20);2*2,5,7-10H,1H2/t;;;2*2-,5+/m...00/s1. The number of esters is 2. The van der Waals surface area contributed by atoms with Crippen LogP contribution in [0.25, 0.3) is 0 Å². The first-order valence-electron chi connectivity index (χ1n) is 33.4. The number of carboxylic acids is 3. The third-order valence-corrected chi connectivity index (χ3v) is 14.9. The number of unbranched alkanes of at least 4 members (excludes halogenated alkanes) is 42. The quantitative estimate of drug-likeness (QED) is 0.0199. The Labute approximate surface area is 507 Å². The number of ether oxygens (including phenoxy) is 2. The molecule has 496 valence electrons. The predicted molar refractivity (Wildman–Crippen MR) is 332 cm³/mol. The summed E-state index contributed by atoms with van der Waals surface area (Å²) < 4.78 is 8.63. The van der Waals surface area contributed by atoms with E-state index in [1.54, 1.807) is 0 Å². The Morgan fingerprint density at radius 2 is 0.476 bits per heavy atom. The molecule has 18 nitrogen and oxygen atoms in total. The van der Waals surface area contributed by atoms with E-state index in [1.165, 1.54) is 250 Å². The van der Waals surface area contributed by atoms with Crippen LogP contribution in [0.1, 0.15) is 329 Å². The Hall–Kier alpha value is -4.13. The molecule has 2 aliphatic rings. The number of carboxylic acid groups (broad SMARTS) is 3. The summed E-state index contributed by atoms with van der Waals surface area (Å²) in [5, 5.41) is 95.6. The van der Waals surface area contributed by atoms with Crippen molar-refractivity contribution in [3.8, 4) is 0 Å². The molecule has 4 atom stereocenters. The van der Waals surface area contributed by atoms with Crippen LogP contribution in [0, 0.1) is 0 Å². The molecule has 0 aromatic heterocycles. The minimum Gasteiger partial charge on any atom is -0.505 e. The van der Waals surface area contributed by atoms with E-state index in [-0.39, 0.29) is 0 Å². The minimum absolute atomic E-state index is 0.345. The van der Waals surface area contributed by atoms with Gasteiger partial charge >= 0.3 is 29.8 Å². The first-order valence-corrected chi connectivity index (χ1v) is 33.4. The summed E-state index contributed by atoms with van der Waals surface area (Å²) >= 11 is 0. The fraction of sp³-hybridized carbons (Fsp3) is 0.864. The highest BCUT2D eigenvalue weighted by atomic mass is 16.6. The maximum absolute atomic E-state index is 10.5. The molecule has 2 aliphatic heterocycles. The highest BCUT2D eigenvalue weighted by Crippen LogP contribution is 2.23. The van der Waals surface area contributed by atoms with E-state index in [9.17, 15) is 24.0 Å². The summed E-state index contributed by atoms with van der Waals surface area (Å²) in [6.07, 6.45) is 55.0. The van der Waals surface area contributed by atoms with Gasteiger partial charge < -0.3 is 65.6 Å². The Kier molecular flexibility index (Phi) is 63.4. The third kappa shape index (κ3) is 55.7. The van der Waals surface area contributed by atoms with E-state index in [4.69, 9.17) is 56.2 Å². The molecule has 0 fully saturated rings. The van der Waals surface area contributed by atoms with Crippen LogP contribution in [0.5, 0.6) is 0 Å². The smallest absolute Gasteiger partial charge is 0.377 e. The SMILES string of the molecule is CCCCCCCCCCCCCCCCCC(=O)O.CCCCCCCCCCCCCCCCCC(=O)O.CCCCCCCCCCCCCCCCCC(=O)O.O=C1O[C@H]([C@@H](O)CO)C(O)=C1O.O=C1O[C@H]([C@@H](O)CO)C(O)=C1O. The average Bonchev–Trinajstić information content (AvgIpc) is 4.06. The molecular weight excluding hydrogens is 1080 g/mol. The van der Waals surface area contributed by atoms with Crippen LogP contribution in [0.2, 0.25) is 0 Å². The second-order valence-corrected chi connectivity index (χ2v) is 22.9. The molecule has 0 amide bonds. The molecule has 0 radical (unpaired) electrons. The second kappa shape index (κ2) is 63.4. The van der Waals surface area contributed by atoms with Gasteiger partial charge in [0.1, 0.15) is 12.2 Å². The lowest BCUT2D eigenvalue weighted by Crippen LogP contribution is -2.31. The molecule has 0 bridgehead atoms. The lowest BCUT2D eigenvalue weighted by atomic mass is 10.0. The summed E-state index contributed by atoms with van der Waals surface area (Å²) in [5.41, 5.74) is 0. The van der Waals surface area contributed by atoms with Crippen LogP contribution >= 0.6 is 0 Å². The lowest BCUT2D eigenvalue weighted by molar-refractivity contribution is -0.148. The van der Waals surface area contributed by atoms with Gasteiger partial charge in [0.25, 0.3) is 0 Å². The summed E-state index contributed by atoms with van der Waals surface area (Å²) in [6, 6.07) is 0. The summed E-state index contributed by atoms with van der Waals surface area (Å²) in [5.74, 6) is -7.52. The van der Waals surface area contributed by atoms with Gasteiger partial charge in [-0.15, -0.1) is 0 Å². The maximum atomic E-state index is 10.5. The fourth-order valence-corrected chi connectivity index (χ4v) is 9.59. The van der Waals surface area contributed by atoms with Crippen LogP contribution < -0.4 is 0 Å². The normalized spacial score (nSPS) is 15.1. The van der Waals surface area contributed by atoms with Crippen molar-refractivity contribution in [3.05, 3.63) is 23.0 Å². The van der Waals surface area contributed by atoms with Gasteiger partial charge in [-0.1, -0.05) is 290 Å². The molecule has 84 heavy (non-hydrogen) atoms. The lowest BCUT2D eigenvalue weighted by Gasteiger charge is -2.13. The van der Waals surface area contributed by atoms with Crippen LogP contribution in [0.4, 0.5) is 0 Å². The number of aliphatic hydroxyl groups is 8. The van der Waals surface area contributed by atoms with Crippen LogP contribution in [0.15, 0.2) is 23.0 Å². The molecule has 0 aromatic rings. The van der Waals surface area contributed by atoms with Gasteiger partial charge in [0.2, 0.25) is 11.5 Å². The number of carbonyl (C=O) groups is 5. The van der Waals surface area contributed by atoms with Gasteiger partial charge in [0.05, 0.1) is 13.2 Å². The van der Waals surface area contributed by atoms with E-state index in [2.05, 4.69) is 30.2 Å².